The van der Waals surface area contributed by atoms with Gasteiger partial charge in [0.1, 0.15) is 4.83 Å². The quantitative estimate of drug-likeness (QED) is 0.366. The van der Waals surface area contributed by atoms with Crippen molar-refractivity contribution in [3.63, 3.8) is 0 Å². The number of hydrogen-bond acceptors (Lipinski definition) is 8. The molecule has 2 unspecified atom stereocenters. The molecule has 0 spiro atoms. The molecule has 4 aromatic heterocycles. The fraction of sp³-hybridized carbons (Fsp3) is 0.444. The molecule has 0 bridgehead atoms. The Morgan fingerprint density at radius 3 is 2.79 bits per heavy atom. The van der Waals surface area contributed by atoms with Gasteiger partial charge in [0.25, 0.3) is 11.8 Å². The molecule has 2 N–H and O–H groups in total. The first-order valence-electron chi connectivity index (χ1n) is 13.5. The largest absolute Gasteiger partial charge is 0.477 e. The van der Waals surface area contributed by atoms with Crippen molar-refractivity contribution in [2.45, 2.75) is 32.7 Å². The Morgan fingerprint density at radius 2 is 1.97 bits per heavy atom. The van der Waals surface area contributed by atoms with Crippen LogP contribution in [0.3, 0.4) is 0 Å². The minimum absolute atomic E-state index is 0.192. The summed E-state index contributed by atoms with van der Waals surface area (Å²) in [4.78, 5) is 34.6. The van der Waals surface area contributed by atoms with Gasteiger partial charge in [0, 0.05) is 51.5 Å². The SMILES string of the molecule is Cc1ncc(C(=O)NCCN2CC3CCC3C2)cc1NC(=O)c1cnn2cc(-c3cnn4c3OCCC4)sc12. The number of ether oxygens (including phenoxy) is 1. The molecule has 2 aliphatic heterocycles. The number of likely N-dealkylation sites (tertiary alicyclic amines) is 1. The number of anilines is 1. The second-order valence-corrected chi connectivity index (χ2v) is 11.6. The number of fused-ring (bicyclic) bond motifs is 3. The van der Waals surface area contributed by atoms with Crippen LogP contribution in [-0.2, 0) is 6.54 Å². The van der Waals surface area contributed by atoms with E-state index in [-0.39, 0.29) is 11.8 Å². The second kappa shape index (κ2) is 9.76. The molecule has 4 aromatic rings. The molecular weight excluding hydrogens is 516 g/mol. The Bertz CT molecular complexity index is 1560. The molecule has 1 saturated carbocycles. The van der Waals surface area contributed by atoms with E-state index in [0.717, 1.165) is 60.8 Å². The van der Waals surface area contributed by atoms with Gasteiger partial charge in [-0.2, -0.15) is 10.2 Å². The summed E-state index contributed by atoms with van der Waals surface area (Å²) in [5, 5.41) is 14.8. The van der Waals surface area contributed by atoms with Crippen LogP contribution in [0, 0.1) is 18.8 Å². The monoisotopic (exact) mass is 546 g/mol. The Balaban J connectivity index is 1.03. The number of nitrogens with one attached hydrogen (secondary N) is 2. The third-order valence-corrected chi connectivity index (χ3v) is 9.27. The topological polar surface area (TPSA) is 119 Å². The lowest BCUT2D eigenvalue weighted by Gasteiger charge is -2.28. The highest BCUT2D eigenvalue weighted by atomic mass is 32.1. The molecule has 11 nitrogen and oxygen atoms in total. The molecule has 0 radical (unpaired) electrons. The van der Waals surface area contributed by atoms with E-state index < -0.39 is 0 Å². The maximum Gasteiger partial charge on any atom is 0.260 e. The Labute approximate surface area is 229 Å². The van der Waals surface area contributed by atoms with Crippen LogP contribution in [0.1, 0.15) is 45.7 Å². The highest BCUT2D eigenvalue weighted by Crippen LogP contribution is 2.40. The van der Waals surface area contributed by atoms with E-state index in [1.54, 1.807) is 36.1 Å². The summed E-state index contributed by atoms with van der Waals surface area (Å²) in [7, 11) is 0. The van der Waals surface area contributed by atoms with Crippen molar-refractivity contribution in [2.24, 2.45) is 11.8 Å². The lowest BCUT2D eigenvalue weighted by atomic mass is 9.77. The summed E-state index contributed by atoms with van der Waals surface area (Å²) in [5.74, 6) is 1.97. The van der Waals surface area contributed by atoms with Crippen LogP contribution in [0.4, 0.5) is 5.69 Å². The maximum atomic E-state index is 13.3. The molecule has 2 amide bonds. The van der Waals surface area contributed by atoms with Crippen molar-refractivity contribution in [1.82, 2.24) is 34.6 Å². The summed E-state index contributed by atoms with van der Waals surface area (Å²) in [6.07, 6.45) is 10.4. The van der Waals surface area contributed by atoms with Crippen molar-refractivity contribution in [3.8, 4) is 16.3 Å². The molecule has 1 aliphatic carbocycles. The zero-order chi connectivity index (χ0) is 26.5. The van der Waals surface area contributed by atoms with Crippen molar-refractivity contribution < 1.29 is 14.3 Å². The van der Waals surface area contributed by atoms with Gasteiger partial charge in [-0.05, 0) is 37.7 Å². The summed E-state index contributed by atoms with van der Waals surface area (Å²) < 4.78 is 9.40. The number of aromatic nitrogens is 5. The molecular formula is C27H30N8O3S. The van der Waals surface area contributed by atoms with Crippen LogP contribution < -0.4 is 15.4 Å². The zero-order valence-corrected chi connectivity index (χ0v) is 22.5. The van der Waals surface area contributed by atoms with Crippen molar-refractivity contribution >= 4 is 33.7 Å². The van der Waals surface area contributed by atoms with Gasteiger partial charge < -0.3 is 20.3 Å². The third kappa shape index (κ3) is 4.47. The van der Waals surface area contributed by atoms with Crippen LogP contribution in [0.5, 0.6) is 5.88 Å². The van der Waals surface area contributed by atoms with Crippen molar-refractivity contribution in [1.29, 1.82) is 0 Å². The fourth-order valence-electron chi connectivity index (χ4n) is 5.75. The average molecular weight is 547 g/mol. The van der Waals surface area contributed by atoms with Crippen LogP contribution in [0.15, 0.2) is 30.9 Å². The fourth-order valence-corrected chi connectivity index (χ4v) is 6.81. The van der Waals surface area contributed by atoms with E-state index in [9.17, 15) is 9.59 Å². The van der Waals surface area contributed by atoms with Gasteiger partial charge in [-0.25, -0.2) is 9.20 Å². The van der Waals surface area contributed by atoms with E-state index in [4.69, 9.17) is 4.74 Å². The minimum Gasteiger partial charge on any atom is -0.477 e. The highest BCUT2D eigenvalue weighted by molar-refractivity contribution is 7.21. The number of pyridine rings is 1. The van der Waals surface area contributed by atoms with Crippen LogP contribution >= 0.6 is 11.3 Å². The highest BCUT2D eigenvalue weighted by Gasteiger charge is 2.38. The van der Waals surface area contributed by atoms with Crippen LogP contribution in [-0.4, -0.2) is 73.9 Å². The molecule has 0 aromatic carbocycles. The maximum absolute atomic E-state index is 13.3. The van der Waals surface area contributed by atoms with Gasteiger partial charge >= 0.3 is 0 Å². The Kier molecular flexibility index (Phi) is 6.08. The number of hydrogen-bond donors (Lipinski definition) is 2. The lowest BCUT2D eigenvalue weighted by molar-refractivity contribution is 0.0948. The van der Waals surface area contributed by atoms with Gasteiger partial charge in [0.05, 0.1) is 51.9 Å². The van der Waals surface area contributed by atoms with E-state index in [1.807, 2.05) is 10.9 Å². The van der Waals surface area contributed by atoms with E-state index in [0.29, 0.717) is 40.5 Å². The molecule has 2 fully saturated rings. The summed E-state index contributed by atoms with van der Waals surface area (Å²) in [6, 6.07) is 1.68. The first-order valence-corrected chi connectivity index (χ1v) is 14.3. The molecule has 39 heavy (non-hydrogen) atoms. The van der Waals surface area contributed by atoms with Gasteiger partial charge in [-0.3, -0.25) is 14.6 Å². The number of carbonyl (C=O) groups excluding carboxylic acids is 2. The third-order valence-electron chi connectivity index (χ3n) is 8.12. The number of carbonyl (C=O) groups is 2. The van der Waals surface area contributed by atoms with E-state index in [1.165, 1.54) is 24.2 Å². The van der Waals surface area contributed by atoms with Gasteiger partial charge in [0.15, 0.2) is 0 Å². The molecule has 2 atom stereocenters. The molecule has 7 rings (SSSR count). The summed E-state index contributed by atoms with van der Waals surface area (Å²) >= 11 is 1.46. The van der Waals surface area contributed by atoms with E-state index >= 15 is 0 Å². The Hall–Kier alpha value is -3.77. The standard InChI is InChI=1S/C27H30N8O3S/c1-16-22(9-19(10-29-16)24(36)28-5-7-33-13-17-3-4-18(17)14-33)32-25(37)21-12-31-35-15-23(39-27(21)35)20-11-30-34-6-2-8-38-26(20)34/h9-12,15,17-18H,2-8,13-14H2,1H3,(H,28,36)(H,32,37). The molecule has 6 heterocycles. The van der Waals surface area contributed by atoms with Crippen molar-refractivity contribution in [3.05, 3.63) is 47.7 Å². The van der Waals surface area contributed by atoms with Crippen LogP contribution in [0.25, 0.3) is 15.3 Å². The van der Waals surface area contributed by atoms with Gasteiger partial charge in [-0.1, -0.05) is 0 Å². The predicted octanol–water partition coefficient (Wildman–Crippen LogP) is 3.07. The minimum atomic E-state index is -0.308. The first kappa shape index (κ1) is 24.3. The number of amides is 2. The summed E-state index contributed by atoms with van der Waals surface area (Å²) in [5.41, 5.74) is 2.89. The second-order valence-electron chi connectivity index (χ2n) is 10.6. The number of rotatable bonds is 7. The smallest absolute Gasteiger partial charge is 0.260 e. The molecule has 12 heteroatoms. The molecule has 202 valence electrons. The van der Waals surface area contributed by atoms with Gasteiger partial charge in [-0.15, -0.1) is 11.3 Å². The van der Waals surface area contributed by atoms with E-state index in [2.05, 4.69) is 30.7 Å². The molecule has 3 aliphatic rings. The first-order chi connectivity index (χ1) is 19.0. The number of nitrogens with zero attached hydrogens (tertiary/aromatic N) is 6. The zero-order valence-electron chi connectivity index (χ0n) is 21.7. The average Bonchev–Trinajstić information content (AvgIpc) is 3.68. The number of aryl methyl sites for hydroxylation is 2. The van der Waals surface area contributed by atoms with Crippen molar-refractivity contribution in [2.75, 3.05) is 38.1 Å². The molecule has 1 saturated heterocycles. The number of thiazole rings is 1. The Morgan fingerprint density at radius 1 is 1.13 bits per heavy atom. The summed E-state index contributed by atoms with van der Waals surface area (Å²) in [6.45, 7) is 7.04. The van der Waals surface area contributed by atoms with Crippen LogP contribution in [0.2, 0.25) is 0 Å². The van der Waals surface area contributed by atoms with Gasteiger partial charge in [0.2, 0.25) is 5.88 Å². The lowest BCUT2D eigenvalue weighted by Crippen LogP contribution is -2.34. The predicted molar refractivity (Wildman–Crippen MR) is 146 cm³/mol. The normalized spacial score (nSPS) is 20.2.